The Morgan fingerprint density at radius 1 is 1.20 bits per heavy atom. The molecule has 0 atom stereocenters. The Kier molecular flexibility index (Phi) is 8.66. The summed E-state index contributed by atoms with van der Waals surface area (Å²) < 4.78 is 18.4. The van der Waals surface area contributed by atoms with Crippen molar-refractivity contribution in [2.75, 3.05) is 25.4 Å². The number of aromatic nitrogens is 5. The van der Waals surface area contributed by atoms with E-state index < -0.39 is 5.91 Å². The van der Waals surface area contributed by atoms with Crippen LogP contribution in [0.3, 0.4) is 0 Å². The molecule has 1 aliphatic heterocycles. The summed E-state index contributed by atoms with van der Waals surface area (Å²) >= 11 is 3.57. The van der Waals surface area contributed by atoms with Crippen molar-refractivity contribution < 1.29 is 18.9 Å². The van der Waals surface area contributed by atoms with Gasteiger partial charge in [-0.1, -0.05) is 35.5 Å². The number of nitrogen functional groups attached to an aromatic ring is 1. The first-order chi connectivity index (χ1) is 19.5. The summed E-state index contributed by atoms with van der Waals surface area (Å²) in [5.41, 5.74) is 10.7. The quantitative estimate of drug-likeness (QED) is 0.191. The minimum atomic E-state index is -0.547. The van der Waals surface area contributed by atoms with Crippen LogP contribution in [0.25, 0.3) is 5.82 Å². The lowest BCUT2D eigenvalue weighted by atomic mass is 10.2. The number of anilines is 1. The summed E-state index contributed by atoms with van der Waals surface area (Å²) in [6.07, 6.45) is 3.68. The third kappa shape index (κ3) is 6.29. The van der Waals surface area contributed by atoms with E-state index in [1.54, 1.807) is 6.07 Å². The van der Waals surface area contributed by atoms with Gasteiger partial charge in [0.1, 0.15) is 23.8 Å². The first kappa shape index (κ1) is 27.3. The van der Waals surface area contributed by atoms with Gasteiger partial charge < -0.3 is 15.2 Å². The monoisotopic (exact) mass is 609 g/mol. The van der Waals surface area contributed by atoms with Crippen molar-refractivity contribution in [3.05, 3.63) is 69.5 Å². The van der Waals surface area contributed by atoms with E-state index in [4.69, 9.17) is 19.8 Å². The van der Waals surface area contributed by atoms with Crippen molar-refractivity contribution in [3.63, 3.8) is 0 Å². The van der Waals surface area contributed by atoms with Gasteiger partial charge in [-0.15, -0.1) is 5.10 Å². The Morgan fingerprint density at radius 2 is 2.00 bits per heavy atom. The highest BCUT2D eigenvalue weighted by Gasteiger charge is 2.27. The Bertz CT molecular complexity index is 1480. The molecule has 208 valence electrons. The van der Waals surface area contributed by atoms with Crippen LogP contribution < -0.4 is 20.6 Å². The van der Waals surface area contributed by atoms with E-state index in [1.165, 1.54) is 10.9 Å². The number of amides is 1. The van der Waals surface area contributed by atoms with Gasteiger partial charge in [0.15, 0.2) is 5.69 Å². The molecule has 1 amide bonds. The maximum Gasteiger partial charge on any atom is 0.292 e. The van der Waals surface area contributed by atoms with E-state index in [-0.39, 0.29) is 17.3 Å². The van der Waals surface area contributed by atoms with Crippen LogP contribution in [-0.2, 0) is 13.2 Å². The number of hydrogen-bond donors (Lipinski definition) is 2. The fraction of sp³-hybridized carbons (Fsp3) is 0.308. The number of halogens is 1. The SMILES string of the molecule is CCOc1cc(OCc2ccccc2)cc(Br)c1/C=N\NC(=O)c1c(CN2CCCC2)nnn1-c1nonc1N. The summed E-state index contributed by atoms with van der Waals surface area (Å²) in [6, 6.07) is 13.5. The minimum absolute atomic E-state index is 0.0185. The normalized spacial score (nSPS) is 13.7. The molecule has 0 radical (unpaired) electrons. The number of ether oxygens (including phenoxy) is 2. The molecular formula is C26H28BrN9O4. The molecule has 0 unspecified atom stereocenters. The average molecular weight is 610 g/mol. The fourth-order valence-corrected chi connectivity index (χ4v) is 4.81. The van der Waals surface area contributed by atoms with Gasteiger partial charge in [-0.25, -0.2) is 10.1 Å². The van der Waals surface area contributed by atoms with Crippen molar-refractivity contribution in [2.45, 2.75) is 32.9 Å². The highest BCUT2D eigenvalue weighted by atomic mass is 79.9. The molecule has 14 heteroatoms. The maximum atomic E-state index is 13.4. The predicted octanol–water partition coefficient (Wildman–Crippen LogP) is 3.33. The van der Waals surface area contributed by atoms with Gasteiger partial charge in [-0.2, -0.15) is 9.78 Å². The smallest absolute Gasteiger partial charge is 0.292 e. The number of benzene rings is 2. The Hall–Kier alpha value is -4.30. The molecular weight excluding hydrogens is 582 g/mol. The average Bonchev–Trinajstić information content (AvgIpc) is 3.71. The van der Waals surface area contributed by atoms with Crippen molar-refractivity contribution in [1.82, 2.24) is 35.6 Å². The minimum Gasteiger partial charge on any atom is -0.493 e. The lowest BCUT2D eigenvalue weighted by molar-refractivity contribution is 0.0945. The number of nitrogens with zero attached hydrogens (tertiary/aromatic N) is 7. The molecule has 40 heavy (non-hydrogen) atoms. The highest BCUT2D eigenvalue weighted by Crippen LogP contribution is 2.32. The molecule has 0 aliphatic carbocycles. The van der Waals surface area contributed by atoms with Crippen LogP contribution in [0, 0.1) is 0 Å². The largest absolute Gasteiger partial charge is 0.493 e. The van der Waals surface area contributed by atoms with Gasteiger partial charge in [0.25, 0.3) is 5.91 Å². The number of hydrogen-bond acceptors (Lipinski definition) is 11. The first-order valence-electron chi connectivity index (χ1n) is 12.7. The summed E-state index contributed by atoms with van der Waals surface area (Å²) in [5, 5.41) is 19.9. The zero-order chi connectivity index (χ0) is 27.9. The van der Waals surface area contributed by atoms with E-state index in [2.05, 4.69) is 52.0 Å². The number of nitrogens with one attached hydrogen (secondary N) is 1. The first-order valence-corrected chi connectivity index (χ1v) is 13.5. The number of carbonyl (C=O) groups excluding carboxylic acids is 1. The molecule has 5 rings (SSSR count). The van der Waals surface area contributed by atoms with Gasteiger partial charge in [0, 0.05) is 17.1 Å². The van der Waals surface area contributed by atoms with Gasteiger partial charge >= 0.3 is 0 Å². The molecule has 13 nitrogen and oxygen atoms in total. The summed E-state index contributed by atoms with van der Waals surface area (Å²) in [6.45, 7) is 5.00. The van der Waals surface area contributed by atoms with Crippen LogP contribution in [0.1, 0.15) is 47.1 Å². The Labute approximate surface area is 238 Å². The van der Waals surface area contributed by atoms with E-state index in [0.29, 0.717) is 47.0 Å². The number of likely N-dealkylation sites (tertiary alicyclic amines) is 1. The Morgan fingerprint density at radius 3 is 2.73 bits per heavy atom. The zero-order valence-electron chi connectivity index (χ0n) is 21.8. The van der Waals surface area contributed by atoms with Crippen LogP contribution >= 0.6 is 15.9 Å². The third-order valence-corrected chi connectivity index (χ3v) is 6.85. The van der Waals surface area contributed by atoms with Crippen LogP contribution in [-0.4, -0.2) is 62.0 Å². The van der Waals surface area contributed by atoms with Crippen molar-refractivity contribution in [3.8, 4) is 17.3 Å². The van der Waals surface area contributed by atoms with Gasteiger partial charge in [-0.3, -0.25) is 9.69 Å². The summed E-state index contributed by atoms with van der Waals surface area (Å²) in [4.78, 5) is 15.6. The molecule has 3 N–H and O–H groups in total. The van der Waals surface area contributed by atoms with Gasteiger partial charge in [0.05, 0.1) is 18.4 Å². The summed E-state index contributed by atoms with van der Waals surface area (Å²) in [5.74, 6) is 0.674. The van der Waals surface area contributed by atoms with E-state index in [1.807, 2.05) is 43.3 Å². The molecule has 4 aromatic rings. The molecule has 0 bridgehead atoms. The second kappa shape index (κ2) is 12.7. The standard InChI is InChI=1S/C26H28BrN9O4/c1-2-38-22-13-18(39-16-17-8-4-3-5-9-17)12-20(27)19(22)14-29-31-26(37)23-21(15-35-10-6-7-11-35)30-34-36(23)25-24(28)32-40-33-25/h3-5,8-9,12-14H,2,6-7,10-11,15-16H2,1H3,(H2,28,32)(H,31,37)/b29-14-. The van der Waals surface area contributed by atoms with Crippen molar-refractivity contribution in [2.24, 2.45) is 5.10 Å². The number of hydrazone groups is 1. The molecule has 2 aromatic carbocycles. The van der Waals surface area contributed by atoms with Crippen molar-refractivity contribution in [1.29, 1.82) is 0 Å². The highest BCUT2D eigenvalue weighted by molar-refractivity contribution is 9.10. The van der Waals surface area contributed by atoms with Crippen molar-refractivity contribution >= 4 is 33.9 Å². The second-order valence-corrected chi connectivity index (χ2v) is 9.83. The Balaban J connectivity index is 1.35. The lowest BCUT2D eigenvalue weighted by Crippen LogP contribution is -2.26. The van der Waals surface area contributed by atoms with E-state index in [0.717, 1.165) is 31.5 Å². The van der Waals surface area contributed by atoms with E-state index in [9.17, 15) is 4.79 Å². The number of rotatable bonds is 11. The van der Waals surface area contributed by atoms with Crippen LogP contribution in [0.15, 0.2) is 56.7 Å². The molecule has 1 saturated heterocycles. The third-order valence-electron chi connectivity index (χ3n) is 6.20. The van der Waals surface area contributed by atoms with Gasteiger partial charge in [0.2, 0.25) is 11.6 Å². The summed E-state index contributed by atoms with van der Waals surface area (Å²) in [7, 11) is 0. The molecule has 2 aromatic heterocycles. The van der Waals surface area contributed by atoms with Crippen LogP contribution in [0.5, 0.6) is 11.5 Å². The molecule has 1 fully saturated rings. The molecule has 1 aliphatic rings. The lowest BCUT2D eigenvalue weighted by Gasteiger charge is -2.14. The predicted molar refractivity (Wildman–Crippen MR) is 149 cm³/mol. The molecule has 0 spiro atoms. The van der Waals surface area contributed by atoms with Gasteiger partial charge in [-0.05, 0) is 70.7 Å². The number of carbonyl (C=O) groups is 1. The topological polar surface area (TPSA) is 159 Å². The second-order valence-electron chi connectivity index (χ2n) is 8.98. The molecule has 0 saturated carbocycles. The van der Waals surface area contributed by atoms with Crippen LogP contribution in [0.2, 0.25) is 0 Å². The van der Waals surface area contributed by atoms with E-state index >= 15 is 0 Å². The zero-order valence-corrected chi connectivity index (χ0v) is 23.4. The number of nitrogens with two attached hydrogens (primary N) is 1. The maximum absolute atomic E-state index is 13.4. The van der Waals surface area contributed by atoms with Crippen LogP contribution in [0.4, 0.5) is 5.82 Å². The fourth-order valence-electron chi connectivity index (χ4n) is 4.29. The molecule has 3 heterocycles.